The van der Waals surface area contributed by atoms with E-state index in [1.165, 1.54) is 10.8 Å². The van der Waals surface area contributed by atoms with Crippen LogP contribution in [0.15, 0.2) is 109 Å². The molecule has 5 aromatic carbocycles. The smallest absolute Gasteiger partial charge is 0.141 e. The van der Waals surface area contributed by atoms with Crippen LogP contribution in [-0.2, 0) is 59.4 Å². The van der Waals surface area contributed by atoms with Crippen LogP contribution in [0.4, 0.5) is 0 Å². The predicted octanol–water partition coefficient (Wildman–Crippen LogP) is 8.04. The van der Waals surface area contributed by atoms with Gasteiger partial charge in [-0.1, -0.05) is 36.4 Å². The second-order valence-electron chi connectivity index (χ2n) is 9.06. The van der Waals surface area contributed by atoms with Crippen LogP contribution < -0.4 is 4.74 Å². The molecule has 8 rings (SSSR count). The van der Waals surface area contributed by atoms with Crippen LogP contribution in [0.5, 0.6) is 5.75 Å². The summed E-state index contributed by atoms with van der Waals surface area (Å²) in [5.41, 5.74) is 6.78. The zero-order chi connectivity index (χ0) is 25.3. The zero-order valence-corrected chi connectivity index (χ0v) is 26.5. The molecule has 192 valence electrons. The monoisotopic (exact) mass is 766 g/mol. The van der Waals surface area contributed by atoms with Crippen LogP contribution in [0.1, 0.15) is 5.56 Å². The van der Waals surface area contributed by atoms with Crippen molar-refractivity contribution >= 4 is 32.6 Å². The quantitative estimate of drug-likeness (QED) is 0.126. The molecule has 1 aliphatic rings. The Bertz CT molecular complexity index is 1890. The maximum absolute atomic E-state index is 5.89. The standard InChI is InChI=1S/C22H12NO.C13H8N.Ir.Y/c1-2-6-15(7-3-1)16-10-11-18-14-24-21-13-17-8-4-5-9-20(17)23-22(21)19(18)12-16;1-2-6-12-10(4-1)7-8-11-5-3-9-14-13(11)12;;/h1-6,8-9,11,13H,14H2;1-5,7-9H;;/q-3;-1;;. The summed E-state index contributed by atoms with van der Waals surface area (Å²) in [6.45, 7) is 0.522. The van der Waals surface area contributed by atoms with Crippen molar-refractivity contribution in [3.05, 3.63) is 139 Å². The first kappa shape index (κ1) is 28.3. The molecule has 0 spiro atoms. The molecule has 7 aromatic rings. The van der Waals surface area contributed by atoms with E-state index in [0.717, 1.165) is 55.5 Å². The molecule has 0 unspecified atom stereocenters. The van der Waals surface area contributed by atoms with E-state index in [-0.39, 0.29) is 52.8 Å². The van der Waals surface area contributed by atoms with Gasteiger partial charge in [-0.2, -0.15) is 23.3 Å². The van der Waals surface area contributed by atoms with Crippen LogP contribution in [0, 0.1) is 24.3 Å². The number of nitrogens with zero attached hydrogens (tertiary/aromatic N) is 2. The largest absolute Gasteiger partial charge is 0.504 e. The van der Waals surface area contributed by atoms with Gasteiger partial charge in [-0.3, -0.25) is 0 Å². The molecule has 0 amide bonds. The maximum Gasteiger partial charge on any atom is 0.141 e. The molecule has 0 aliphatic carbocycles. The van der Waals surface area contributed by atoms with Crippen LogP contribution in [0.3, 0.4) is 0 Å². The summed E-state index contributed by atoms with van der Waals surface area (Å²) in [5.74, 6) is 0.812. The van der Waals surface area contributed by atoms with Gasteiger partial charge in [-0.25, -0.2) is 23.2 Å². The fraction of sp³-hybridized carbons (Fsp3) is 0.0286. The average Bonchev–Trinajstić information content (AvgIpc) is 3.00. The first-order valence-electron chi connectivity index (χ1n) is 12.4. The van der Waals surface area contributed by atoms with Crippen molar-refractivity contribution in [3.63, 3.8) is 0 Å². The fourth-order valence-electron chi connectivity index (χ4n) is 4.77. The van der Waals surface area contributed by atoms with Gasteiger partial charge in [0.1, 0.15) is 5.75 Å². The molecule has 40 heavy (non-hydrogen) atoms. The molecular formula is C35H20IrN2OY-4. The Morgan fingerprint density at radius 1 is 0.750 bits per heavy atom. The Morgan fingerprint density at radius 3 is 2.45 bits per heavy atom. The van der Waals surface area contributed by atoms with Gasteiger partial charge in [0.2, 0.25) is 0 Å². The Morgan fingerprint density at radius 2 is 1.55 bits per heavy atom. The molecule has 2 radical (unpaired) electrons. The zero-order valence-electron chi connectivity index (χ0n) is 21.3. The molecule has 0 bridgehead atoms. The Balaban J connectivity index is 0.000000173. The topological polar surface area (TPSA) is 35.0 Å². The number of hydrogen-bond donors (Lipinski definition) is 0. The second kappa shape index (κ2) is 12.5. The molecular weight excluding hydrogens is 746 g/mol. The molecule has 3 nitrogen and oxygen atoms in total. The molecule has 0 atom stereocenters. The van der Waals surface area contributed by atoms with Crippen LogP contribution in [-0.4, -0.2) is 9.97 Å². The summed E-state index contributed by atoms with van der Waals surface area (Å²) >= 11 is 0. The fourth-order valence-corrected chi connectivity index (χ4v) is 4.77. The first-order chi connectivity index (χ1) is 18.8. The second-order valence-corrected chi connectivity index (χ2v) is 9.06. The number of para-hydroxylation sites is 1. The van der Waals surface area contributed by atoms with Gasteiger partial charge in [0, 0.05) is 71.0 Å². The van der Waals surface area contributed by atoms with Gasteiger partial charge in [0.05, 0.1) is 11.2 Å². The predicted molar refractivity (Wildman–Crippen MR) is 152 cm³/mol. The Kier molecular flexibility index (Phi) is 8.83. The van der Waals surface area contributed by atoms with E-state index in [2.05, 4.69) is 59.6 Å². The van der Waals surface area contributed by atoms with Gasteiger partial charge in [0.15, 0.2) is 0 Å². The number of aromatic nitrogens is 2. The summed E-state index contributed by atoms with van der Waals surface area (Å²) in [4.78, 5) is 9.19. The SMILES string of the molecule is [Ir].[Y].[c-]1cc2c([c-]c1-c1[c-]cccc1)-c1nc3ccccc3cc1OC2.[c-]1cccc2ccc3cccnc3c12. The number of ether oxygens (including phenoxy) is 1. The van der Waals surface area contributed by atoms with E-state index in [0.29, 0.717) is 6.61 Å². The maximum atomic E-state index is 5.89. The van der Waals surface area contributed by atoms with Crippen LogP contribution in [0.2, 0.25) is 0 Å². The molecule has 0 fully saturated rings. The third-order valence-corrected chi connectivity index (χ3v) is 6.66. The minimum atomic E-state index is 0. The van der Waals surface area contributed by atoms with Gasteiger partial charge in [-0.15, -0.1) is 41.1 Å². The van der Waals surface area contributed by atoms with Crippen molar-refractivity contribution < 1.29 is 57.6 Å². The van der Waals surface area contributed by atoms with Gasteiger partial charge >= 0.3 is 0 Å². The minimum absolute atomic E-state index is 0. The van der Waals surface area contributed by atoms with Gasteiger partial charge in [-0.05, 0) is 29.1 Å². The van der Waals surface area contributed by atoms with E-state index < -0.39 is 0 Å². The summed E-state index contributed by atoms with van der Waals surface area (Å²) in [6.07, 6.45) is 1.82. The van der Waals surface area contributed by atoms with Crippen molar-refractivity contribution in [3.8, 4) is 28.1 Å². The number of fused-ring (bicyclic) bond motifs is 7. The van der Waals surface area contributed by atoms with E-state index >= 15 is 0 Å². The third kappa shape index (κ3) is 5.50. The molecule has 3 heterocycles. The Labute approximate surface area is 271 Å². The number of pyridine rings is 2. The summed E-state index contributed by atoms with van der Waals surface area (Å²) in [7, 11) is 0. The first-order valence-corrected chi connectivity index (χ1v) is 12.4. The molecule has 0 saturated heterocycles. The average molecular weight is 766 g/mol. The van der Waals surface area contributed by atoms with Crippen LogP contribution in [0.25, 0.3) is 55.0 Å². The van der Waals surface area contributed by atoms with Gasteiger partial charge in [0.25, 0.3) is 0 Å². The number of hydrogen-bond acceptors (Lipinski definition) is 3. The van der Waals surface area contributed by atoms with E-state index in [4.69, 9.17) is 9.72 Å². The number of benzene rings is 5. The van der Waals surface area contributed by atoms with E-state index in [1.54, 1.807) is 0 Å². The van der Waals surface area contributed by atoms with Crippen LogP contribution >= 0.6 is 0 Å². The molecule has 0 saturated carbocycles. The molecule has 1 aliphatic heterocycles. The minimum Gasteiger partial charge on any atom is -0.504 e. The van der Waals surface area contributed by atoms with Crippen molar-refractivity contribution in [1.82, 2.24) is 9.97 Å². The van der Waals surface area contributed by atoms with E-state index in [9.17, 15) is 0 Å². The number of rotatable bonds is 1. The molecule has 0 N–H and O–H groups in total. The van der Waals surface area contributed by atoms with E-state index in [1.807, 2.05) is 79.0 Å². The van der Waals surface area contributed by atoms with Crippen molar-refractivity contribution in [2.24, 2.45) is 0 Å². The van der Waals surface area contributed by atoms with Crippen molar-refractivity contribution in [1.29, 1.82) is 0 Å². The van der Waals surface area contributed by atoms with Crippen molar-refractivity contribution in [2.75, 3.05) is 0 Å². The Hall–Kier alpha value is -3.27. The molecule has 2 aromatic heterocycles. The summed E-state index contributed by atoms with van der Waals surface area (Å²) in [6, 6.07) is 47.4. The normalized spacial score (nSPS) is 11.2. The van der Waals surface area contributed by atoms with Gasteiger partial charge < -0.3 is 33.0 Å². The molecule has 5 heteroatoms. The van der Waals surface area contributed by atoms with Crippen molar-refractivity contribution in [2.45, 2.75) is 6.61 Å². The summed E-state index contributed by atoms with van der Waals surface area (Å²) < 4.78 is 5.89. The third-order valence-electron chi connectivity index (χ3n) is 6.66. The summed E-state index contributed by atoms with van der Waals surface area (Å²) in [5, 5.41) is 4.55.